The fourth-order valence-electron chi connectivity index (χ4n) is 1.68. The summed E-state index contributed by atoms with van der Waals surface area (Å²) in [6.45, 7) is 6.40. The van der Waals surface area contributed by atoms with Crippen LogP contribution in [0.4, 0.5) is 5.69 Å². The molecule has 1 aliphatic rings. The molecule has 2 atom stereocenters. The first kappa shape index (κ1) is 9.38. The summed E-state index contributed by atoms with van der Waals surface area (Å²) < 4.78 is 5.78. The van der Waals surface area contributed by atoms with Crippen LogP contribution in [0.15, 0.2) is 18.2 Å². The Morgan fingerprint density at radius 1 is 1.36 bits per heavy atom. The fraction of sp³-hybridized carbons (Fsp3) is 0.500. The highest BCUT2D eigenvalue weighted by molar-refractivity contribution is 5.60. The zero-order chi connectivity index (χ0) is 10.1. The lowest BCUT2D eigenvalue weighted by Gasteiger charge is -2.31. The van der Waals surface area contributed by atoms with E-state index in [-0.39, 0.29) is 6.10 Å². The number of ether oxygens (including phenoxy) is 1. The molecule has 0 aliphatic carbocycles. The summed E-state index contributed by atoms with van der Waals surface area (Å²) >= 11 is 0. The molecule has 0 amide bonds. The van der Waals surface area contributed by atoms with Gasteiger partial charge in [0.1, 0.15) is 11.9 Å². The molecule has 0 aromatic heterocycles. The number of anilines is 1. The van der Waals surface area contributed by atoms with Crippen LogP contribution >= 0.6 is 0 Å². The van der Waals surface area contributed by atoms with Gasteiger partial charge in [0.2, 0.25) is 0 Å². The number of nitrogens with one attached hydrogen (secondary N) is 1. The minimum atomic E-state index is 0.245. The van der Waals surface area contributed by atoms with Gasteiger partial charge in [-0.15, -0.1) is 0 Å². The first-order valence-electron chi connectivity index (χ1n) is 5.27. The zero-order valence-electron chi connectivity index (χ0n) is 9.00. The maximum atomic E-state index is 5.78. The SMILES string of the molecule is CCc1ccc2c(c1)NC(C)C(C)O2. The Kier molecular flexibility index (Phi) is 2.36. The van der Waals surface area contributed by atoms with Gasteiger partial charge in [-0.25, -0.2) is 0 Å². The van der Waals surface area contributed by atoms with Crippen molar-refractivity contribution in [1.29, 1.82) is 0 Å². The van der Waals surface area contributed by atoms with Crippen LogP contribution in [0.25, 0.3) is 0 Å². The Morgan fingerprint density at radius 3 is 2.86 bits per heavy atom. The van der Waals surface area contributed by atoms with Gasteiger partial charge in [0, 0.05) is 0 Å². The molecule has 1 aliphatic heterocycles. The molecule has 2 unspecified atom stereocenters. The van der Waals surface area contributed by atoms with Crippen LogP contribution in [0, 0.1) is 0 Å². The van der Waals surface area contributed by atoms with Crippen LogP contribution in [0.3, 0.4) is 0 Å². The molecule has 0 spiro atoms. The lowest BCUT2D eigenvalue weighted by Crippen LogP contribution is -2.36. The molecule has 14 heavy (non-hydrogen) atoms. The first-order valence-corrected chi connectivity index (χ1v) is 5.27. The summed E-state index contributed by atoms with van der Waals surface area (Å²) in [5.74, 6) is 0.979. The van der Waals surface area contributed by atoms with E-state index in [4.69, 9.17) is 4.74 Å². The molecule has 1 heterocycles. The molecule has 1 aromatic carbocycles. The highest BCUT2D eigenvalue weighted by Gasteiger charge is 2.21. The molecule has 1 N–H and O–H groups in total. The number of rotatable bonds is 1. The second kappa shape index (κ2) is 3.52. The second-order valence-corrected chi connectivity index (χ2v) is 3.94. The highest BCUT2D eigenvalue weighted by atomic mass is 16.5. The molecular formula is C12H17NO. The second-order valence-electron chi connectivity index (χ2n) is 3.94. The monoisotopic (exact) mass is 191 g/mol. The normalized spacial score (nSPS) is 24.8. The summed E-state index contributed by atoms with van der Waals surface area (Å²) in [7, 11) is 0. The molecule has 76 valence electrons. The highest BCUT2D eigenvalue weighted by Crippen LogP contribution is 2.32. The first-order chi connectivity index (χ1) is 6.70. The standard InChI is InChI=1S/C12H17NO/c1-4-10-5-6-12-11(7-10)13-8(2)9(3)14-12/h5-9,13H,4H2,1-3H3. The van der Waals surface area contributed by atoms with Crippen LogP contribution in [0.1, 0.15) is 26.3 Å². The number of hydrogen-bond donors (Lipinski definition) is 1. The van der Waals surface area contributed by atoms with Crippen molar-refractivity contribution in [2.24, 2.45) is 0 Å². The van der Waals surface area contributed by atoms with Crippen molar-refractivity contribution in [2.45, 2.75) is 39.3 Å². The van der Waals surface area contributed by atoms with E-state index < -0.39 is 0 Å². The Hall–Kier alpha value is -1.18. The Bertz CT molecular complexity index is 335. The molecule has 0 bridgehead atoms. The van der Waals surface area contributed by atoms with E-state index >= 15 is 0 Å². The van der Waals surface area contributed by atoms with Gasteiger partial charge in [-0.05, 0) is 38.0 Å². The number of hydrogen-bond acceptors (Lipinski definition) is 2. The predicted octanol–water partition coefficient (Wildman–Crippen LogP) is 2.83. The average molecular weight is 191 g/mol. The largest absolute Gasteiger partial charge is 0.486 e. The summed E-state index contributed by atoms with van der Waals surface area (Å²) in [6, 6.07) is 6.75. The van der Waals surface area contributed by atoms with Crippen LogP contribution < -0.4 is 10.1 Å². The van der Waals surface area contributed by atoms with E-state index in [1.54, 1.807) is 0 Å². The van der Waals surface area contributed by atoms with Crippen molar-refractivity contribution in [1.82, 2.24) is 0 Å². The third-order valence-electron chi connectivity index (χ3n) is 2.85. The van der Waals surface area contributed by atoms with Gasteiger partial charge in [-0.2, -0.15) is 0 Å². The molecule has 0 fully saturated rings. The maximum Gasteiger partial charge on any atom is 0.142 e. The lowest BCUT2D eigenvalue weighted by atomic mass is 10.1. The van der Waals surface area contributed by atoms with Gasteiger partial charge in [-0.1, -0.05) is 13.0 Å². The van der Waals surface area contributed by atoms with Gasteiger partial charge >= 0.3 is 0 Å². The maximum absolute atomic E-state index is 5.78. The third-order valence-corrected chi connectivity index (χ3v) is 2.85. The summed E-state index contributed by atoms with van der Waals surface area (Å²) in [6.07, 6.45) is 1.31. The van der Waals surface area contributed by atoms with Crippen molar-refractivity contribution in [3.8, 4) is 5.75 Å². The summed E-state index contributed by atoms with van der Waals surface area (Å²) in [5, 5.41) is 3.46. The molecule has 2 rings (SSSR count). The zero-order valence-corrected chi connectivity index (χ0v) is 9.00. The van der Waals surface area contributed by atoms with E-state index in [9.17, 15) is 0 Å². The Balaban J connectivity index is 2.33. The molecule has 2 nitrogen and oxygen atoms in total. The topological polar surface area (TPSA) is 21.3 Å². The van der Waals surface area contributed by atoms with Gasteiger partial charge in [-0.3, -0.25) is 0 Å². The van der Waals surface area contributed by atoms with E-state index in [0.717, 1.165) is 17.9 Å². The molecule has 0 radical (unpaired) electrons. The molecule has 1 aromatic rings. The van der Waals surface area contributed by atoms with Crippen LogP contribution in [0.5, 0.6) is 5.75 Å². The van der Waals surface area contributed by atoms with E-state index in [0.29, 0.717) is 6.04 Å². The van der Waals surface area contributed by atoms with E-state index in [1.165, 1.54) is 5.56 Å². The quantitative estimate of drug-likeness (QED) is 0.737. The van der Waals surface area contributed by atoms with Crippen molar-refractivity contribution in [3.63, 3.8) is 0 Å². The number of fused-ring (bicyclic) bond motifs is 1. The van der Waals surface area contributed by atoms with Gasteiger partial charge in [0.25, 0.3) is 0 Å². The predicted molar refractivity (Wildman–Crippen MR) is 59.0 cm³/mol. The van der Waals surface area contributed by atoms with Gasteiger partial charge in [0.05, 0.1) is 11.7 Å². The Labute approximate surface area is 85.3 Å². The van der Waals surface area contributed by atoms with Crippen LogP contribution in [0.2, 0.25) is 0 Å². The summed E-state index contributed by atoms with van der Waals surface area (Å²) in [5.41, 5.74) is 2.48. The number of benzene rings is 1. The van der Waals surface area contributed by atoms with E-state index in [2.05, 4.69) is 44.3 Å². The van der Waals surface area contributed by atoms with Crippen molar-refractivity contribution in [3.05, 3.63) is 23.8 Å². The molecule has 2 heteroatoms. The lowest BCUT2D eigenvalue weighted by molar-refractivity contribution is 0.193. The van der Waals surface area contributed by atoms with Crippen LogP contribution in [-0.2, 0) is 6.42 Å². The minimum Gasteiger partial charge on any atom is -0.486 e. The summed E-state index contributed by atoms with van der Waals surface area (Å²) in [4.78, 5) is 0. The smallest absolute Gasteiger partial charge is 0.142 e. The molecule has 0 saturated heterocycles. The average Bonchev–Trinajstić information content (AvgIpc) is 2.19. The molecular weight excluding hydrogens is 174 g/mol. The van der Waals surface area contributed by atoms with Crippen molar-refractivity contribution >= 4 is 5.69 Å². The van der Waals surface area contributed by atoms with Crippen molar-refractivity contribution in [2.75, 3.05) is 5.32 Å². The third kappa shape index (κ3) is 1.57. The van der Waals surface area contributed by atoms with Gasteiger partial charge in [0.15, 0.2) is 0 Å². The fourth-order valence-corrected chi connectivity index (χ4v) is 1.68. The molecule has 0 saturated carbocycles. The Morgan fingerprint density at radius 2 is 2.14 bits per heavy atom. The van der Waals surface area contributed by atoms with Crippen molar-refractivity contribution < 1.29 is 4.74 Å². The van der Waals surface area contributed by atoms with Crippen LogP contribution in [-0.4, -0.2) is 12.1 Å². The van der Waals surface area contributed by atoms with Gasteiger partial charge < -0.3 is 10.1 Å². The minimum absolute atomic E-state index is 0.245. The van der Waals surface area contributed by atoms with E-state index in [1.807, 2.05) is 0 Å². The number of aryl methyl sites for hydroxylation is 1.